The molecule has 0 spiro atoms. The van der Waals surface area contributed by atoms with Crippen molar-refractivity contribution in [3.05, 3.63) is 0 Å². The van der Waals surface area contributed by atoms with Crippen LogP contribution in [-0.4, -0.2) is 0 Å². The third-order valence-corrected chi connectivity index (χ3v) is 18.3. The van der Waals surface area contributed by atoms with Crippen LogP contribution >= 0.6 is 0 Å². The Morgan fingerprint density at radius 3 is 0.310 bits per heavy atom. The quantitative estimate of drug-likeness (QED) is 0.315. The topological polar surface area (TPSA) is 285 Å². The van der Waals surface area contributed by atoms with E-state index in [1.165, 1.54) is 0 Å². The summed E-state index contributed by atoms with van der Waals surface area (Å²) in [5.41, 5.74) is 0. The van der Waals surface area contributed by atoms with Gasteiger partial charge in [-0.05, 0) is 0 Å². The molecular formula is C12Co3Ir2N12. The molecule has 29 heavy (non-hydrogen) atoms. The molecule has 0 aliphatic heterocycles. The minimum atomic E-state index is -6.69. The maximum absolute atomic E-state index is 8.60. The molecule has 0 rings (SSSR count). The second-order valence-electron chi connectivity index (χ2n) is 3.39. The normalized spacial score (nSPS) is 12.0. The molecule has 0 aromatic heterocycles. The minimum absolute atomic E-state index is 0. The van der Waals surface area contributed by atoms with Crippen LogP contribution in [0.4, 0.5) is 0 Å². The summed E-state index contributed by atoms with van der Waals surface area (Å²) in [7, 11) is 0. The van der Waals surface area contributed by atoms with Gasteiger partial charge in [0.15, 0.2) is 0 Å². The predicted octanol–water partition coefficient (Wildman–Crippen LogP) is 0.189. The molecule has 0 atom stereocenters. The Labute approximate surface area is 192 Å². The summed E-state index contributed by atoms with van der Waals surface area (Å²) >= 11 is -13.4. The molecule has 12 nitrogen and oxygen atoms in total. The number of nitriles is 12. The van der Waals surface area contributed by atoms with Gasteiger partial charge in [-0.2, -0.15) is 0 Å². The van der Waals surface area contributed by atoms with E-state index in [-0.39, 0.29) is 50.3 Å². The van der Waals surface area contributed by atoms with Crippen LogP contribution in [0, 0.1) is 118 Å². The van der Waals surface area contributed by atoms with E-state index < -0.39 is 25.7 Å². The molecule has 0 N–H and O–H groups in total. The molecule has 0 aromatic rings. The summed E-state index contributed by atoms with van der Waals surface area (Å²) in [6.45, 7) is 0. The summed E-state index contributed by atoms with van der Waals surface area (Å²) in [4.78, 5) is 0. The third kappa shape index (κ3) is 3.96. The van der Waals surface area contributed by atoms with Crippen LogP contribution in [0.15, 0.2) is 0 Å². The van der Waals surface area contributed by atoms with Gasteiger partial charge in [-0.1, -0.05) is 0 Å². The SMILES string of the molecule is N#[C][Ir-3]([C]#N)([C]#N)([C]#N)([C]#N)[C]#N.N#[C][Ir-3]([C]#N)([C]#N)([C]#N)([C]#N)[C]#N.[Co+2].[Co+2].[Co+2]. The zero-order valence-electron chi connectivity index (χ0n) is 13.0. The molecule has 0 fully saturated rings. The van der Waals surface area contributed by atoms with Crippen molar-refractivity contribution in [3.63, 3.8) is 0 Å². The van der Waals surface area contributed by atoms with Crippen molar-refractivity contribution in [1.82, 2.24) is 0 Å². The van der Waals surface area contributed by atoms with Gasteiger partial charge in [-0.25, -0.2) is 0 Å². The smallest absolute Gasteiger partial charge is 2.00 e. The monoisotopic (exact) mass is 875 g/mol. The van der Waals surface area contributed by atoms with Crippen LogP contribution in [0.1, 0.15) is 0 Å². The molecule has 0 aliphatic rings. The first-order chi connectivity index (χ1) is 11.9. The Kier molecular flexibility index (Phi) is 11.7. The first kappa shape index (κ1) is 36.6. The minimum Gasteiger partial charge on any atom is 2.00 e. The summed E-state index contributed by atoms with van der Waals surface area (Å²) in [5.74, 6) is 0. The van der Waals surface area contributed by atoms with E-state index >= 15 is 0 Å². The molecule has 3 radical (unpaired) electrons. The summed E-state index contributed by atoms with van der Waals surface area (Å²) in [5, 5.41) is 103. The molecule has 0 unspecified atom stereocenters. The van der Waals surface area contributed by atoms with Crippen molar-refractivity contribution in [2.75, 3.05) is 0 Å². The summed E-state index contributed by atoms with van der Waals surface area (Å²) < 4.78 is 12.9. The van der Waals surface area contributed by atoms with Crippen LogP contribution in [-0.2, 0) is 76.1 Å². The van der Waals surface area contributed by atoms with Crippen LogP contribution < -0.4 is 0 Å². The zero-order valence-corrected chi connectivity index (χ0v) is 20.9. The third-order valence-electron chi connectivity index (χ3n) is 2.24. The van der Waals surface area contributed by atoms with Crippen LogP contribution in [0.25, 0.3) is 0 Å². The van der Waals surface area contributed by atoms with Gasteiger partial charge in [0.2, 0.25) is 0 Å². The molecule has 0 aliphatic carbocycles. The fourth-order valence-corrected chi connectivity index (χ4v) is 4.09. The van der Waals surface area contributed by atoms with E-state index in [0.29, 0.717) is 0 Å². The largest absolute Gasteiger partial charge is 2.00 e. The van der Waals surface area contributed by atoms with Crippen LogP contribution in [0.3, 0.4) is 0 Å². The van der Waals surface area contributed by atoms with Crippen molar-refractivity contribution in [2.24, 2.45) is 0 Å². The number of nitrogens with zero attached hydrogens (tertiary/aromatic N) is 12. The standard InChI is InChI=1S/12CN.3Co.2Ir/c12*1-2;;;;;/q;;;;;;;;;;;;3*+2;2*-3. The van der Waals surface area contributed by atoms with Gasteiger partial charge in [-0.15, -0.1) is 0 Å². The van der Waals surface area contributed by atoms with E-state index in [1.54, 1.807) is 0 Å². The number of hydrogen-bond donors (Lipinski definition) is 0. The van der Waals surface area contributed by atoms with E-state index in [1.807, 2.05) is 0 Å². The fourth-order valence-electron chi connectivity index (χ4n) is 0.500. The van der Waals surface area contributed by atoms with E-state index in [9.17, 15) is 0 Å². The van der Waals surface area contributed by atoms with Gasteiger partial charge in [0, 0.05) is 0 Å². The predicted molar refractivity (Wildman–Crippen MR) is 67.4 cm³/mol. The summed E-state index contributed by atoms with van der Waals surface area (Å²) in [6, 6.07) is 0. The Morgan fingerprint density at radius 1 is 0.241 bits per heavy atom. The van der Waals surface area contributed by atoms with Gasteiger partial charge in [-0.3, -0.25) is 0 Å². The second-order valence-corrected chi connectivity index (χ2v) is 27.8. The first-order valence-corrected chi connectivity index (χ1v) is 19.1. The Hall–Kier alpha value is -3.30. The van der Waals surface area contributed by atoms with Crippen molar-refractivity contribution in [3.8, 4) is 55.0 Å². The van der Waals surface area contributed by atoms with E-state index in [0.717, 1.165) is 55.0 Å². The van der Waals surface area contributed by atoms with Gasteiger partial charge >= 0.3 is 194 Å². The molecule has 0 heterocycles. The Bertz CT molecular complexity index is 890. The first-order valence-electron chi connectivity index (χ1n) is 4.68. The molecule has 0 bridgehead atoms. The van der Waals surface area contributed by atoms with Gasteiger partial charge < -0.3 is 0 Å². The average Bonchev–Trinajstić information content (AvgIpc) is 2.77. The van der Waals surface area contributed by atoms with Crippen molar-refractivity contribution >= 4 is 0 Å². The molecule has 0 aromatic carbocycles. The molecule has 17 heteroatoms. The fraction of sp³-hybridized carbons (Fsp3) is 0. The molecule has 153 valence electrons. The van der Waals surface area contributed by atoms with E-state index in [2.05, 4.69) is 0 Å². The Morgan fingerprint density at radius 2 is 0.310 bits per heavy atom. The summed E-state index contributed by atoms with van der Waals surface area (Å²) in [6.07, 6.45) is 0. The molecular weight excluding hydrogens is 873 g/mol. The van der Waals surface area contributed by atoms with Gasteiger partial charge in [0.05, 0.1) is 0 Å². The van der Waals surface area contributed by atoms with Crippen LogP contribution in [0.2, 0.25) is 0 Å². The average molecular weight is 873 g/mol. The molecule has 0 amide bonds. The molecule has 0 saturated heterocycles. The van der Waals surface area contributed by atoms with Gasteiger partial charge in [0.1, 0.15) is 0 Å². The molecule has 0 saturated carbocycles. The number of hydrogen-bond acceptors (Lipinski definition) is 12. The maximum Gasteiger partial charge on any atom is 2.00 e. The van der Waals surface area contributed by atoms with Crippen molar-refractivity contribution < 1.29 is 76.1 Å². The second kappa shape index (κ2) is 9.26. The van der Waals surface area contributed by atoms with Gasteiger partial charge in [0.25, 0.3) is 0 Å². The van der Waals surface area contributed by atoms with Crippen LogP contribution in [0.5, 0.6) is 0 Å². The maximum atomic E-state index is 8.60. The van der Waals surface area contributed by atoms with Crippen molar-refractivity contribution in [1.29, 1.82) is 63.1 Å². The number of rotatable bonds is 0. The Balaban J connectivity index is -0.000000120. The zero-order chi connectivity index (χ0) is 21.3. The van der Waals surface area contributed by atoms with Crippen molar-refractivity contribution in [2.45, 2.75) is 0 Å². The van der Waals surface area contributed by atoms with E-state index in [4.69, 9.17) is 63.1 Å².